The molecule has 0 radical (unpaired) electrons. The number of nitro groups is 1. The Morgan fingerprint density at radius 3 is 2.53 bits per heavy atom. The Morgan fingerprint density at radius 1 is 1.35 bits per heavy atom. The smallest absolute Gasteiger partial charge is 0.233 e. The molecule has 0 aromatic heterocycles. The quantitative estimate of drug-likeness (QED) is 0.593. The predicted molar refractivity (Wildman–Crippen MR) is 66.8 cm³/mol. The highest BCUT2D eigenvalue weighted by molar-refractivity contribution is 5.27. The average Bonchev–Trinajstić information content (AvgIpc) is 2.72. The van der Waals surface area contributed by atoms with Gasteiger partial charge in [-0.1, -0.05) is 31.2 Å². The van der Waals surface area contributed by atoms with Crippen LogP contribution in [0.5, 0.6) is 0 Å². The summed E-state index contributed by atoms with van der Waals surface area (Å²) >= 11 is 0. The van der Waals surface area contributed by atoms with Crippen molar-refractivity contribution in [3.05, 3.63) is 45.5 Å². The summed E-state index contributed by atoms with van der Waals surface area (Å²) in [5, 5.41) is 11.0. The van der Waals surface area contributed by atoms with Gasteiger partial charge < -0.3 is 0 Å². The molecule has 0 bridgehead atoms. The van der Waals surface area contributed by atoms with Crippen LogP contribution in [0.15, 0.2) is 24.3 Å². The molecule has 0 spiro atoms. The highest BCUT2D eigenvalue weighted by atomic mass is 16.6. The summed E-state index contributed by atoms with van der Waals surface area (Å²) in [6.45, 7) is 3.43. The van der Waals surface area contributed by atoms with Crippen molar-refractivity contribution in [2.45, 2.75) is 25.3 Å². The highest BCUT2D eigenvalue weighted by Gasteiger charge is 2.40. The van der Waals surface area contributed by atoms with Crippen molar-refractivity contribution in [1.29, 1.82) is 0 Å². The zero-order chi connectivity index (χ0) is 12.4. The van der Waals surface area contributed by atoms with Crippen molar-refractivity contribution in [2.24, 2.45) is 0 Å². The summed E-state index contributed by atoms with van der Waals surface area (Å²) in [6.07, 6.45) is 1.00. The lowest BCUT2D eigenvalue weighted by Gasteiger charge is -2.12. The topological polar surface area (TPSA) is 46.4 Å². The lowest BCUT2D eigenvalue weighted by atomic mass is 9.93. The van der Waals surface area contributed by atoms with Gasteiger partial charge in [-0.05, 0) is 24.6 Å². The van der Waals surface area contributed by atoms with Crippen LogP contribution in [0, 0.1) is 10.1 Å². The fourth-order valence-corrected chi connectivity index (χ4v) is 2.52. The van der Waals surface area contributed by atoms with Crippen LogP contribution in [0.1, 0.15) is 24.0 Å². The zero-order valence-corrected chi connectivity index (χ0v) is 10.3. The van der Waals surface area contributed by atoms with Crippen molar-refractivity contribution < 1.29 is 4.92 Å². The van der Waals surface area contributed by atoms with E-state index in [-0.39, 0.29) is 10.8 Å². The standard InChI is InChI=1S/C13H18N2O2/c1-3-10-4-6-11(7-5-10)12-8-14(2)9-13(12)15(16)17/h4-7,12-13H,3,8-9H2,1-2H3. The number of likely N-dealkylation sites (tertiary alicyclic amines) is 1. The van der Waals surface area contributed by atoms with Gasteiger partial charge in [-0.25, -0.2) is 0 Å². The first-order valence-electron chi connectivity index (χ1n) is 6.02. The molecule has 2 rings (SSSR count). The Hall–Kier alpha value is -1.42. The molecule has 2 unspecified atom stereocenters. The minimum Gasteiger partial charge on any atom is -0.299 e. The second-order valence-corrected chi connectivity index (χ2v) is 4.78. The molecular weight excluding hydrogens is 216 g/mol. The summed E-state index contributed by atoms with van der Waals surface area (Å²) < 4.78 is 0. The molecule has 0 amide bonds. The normalized spacial score (nSPS) is 25.1. The van der Waals surface area contributed by atoms with E-state index in [1.165, 1.54) is 5.56 Å². The van der Waals surface area contributed by atoms with Crippen molar-refractivity contribution in [1.82, 2.24) is 4.90 Å². The first-order valence-corrected chi connectivity index (χ1v) is 6.02. The first-order chi connectivity index (χ1) is 8.11. The van der Waals surface area contributed by atoms with Gasteiger partial charge in [0.2, 0.25) is 6.04 Å². The van der Waals surface area contributed by atoms with E-state index in [2.05, 4.69) is 19.1 Å². The number of benzene rings is 1. The maximum Gasteiger partial charge on any atom is 0.233 e. The van der Waals surface area contributed by atoms with Gasteiger partial charge in [-0.2, -0.15) is 0 Å². The maximum absolute atomic E-state index is 11.0. The van der Waals surface area contributed by atoms with Crippen LogP contribution < -0.4 is 0 Å². The van der Waals surface area contributed by atoms with Gasteiger partial charge in [0.25, 0.3) is 0 Å². The molecule has 0 saturated carbocycles. The number of nitrogens with zero attached hydrogens (tertiary/aromatic N) is 2. The third-order valence-corrected chi connectivity index (χ3v) is 3.56. The first kappa shape index (κ1) is 12.0. The number of likely N-dealkylation sites (N-methyl/N-ethyl adjacent to an activating group) is 1. The number of aryl methyl sites for hydroxylation is 1. The lowest BCUT2D eigenvalue weighted by Crippen LogP contribution is -2.27. The Morgan fingerprint density at radius 2 is 2.00 bits per heavy atom. The number of hydrogen-bond donors (Lipinski definition) is 0. The van der Waals surface area contributed by atoms with Gasteiger partial charge in [0.1, 0.15) is 0 Å². The van der Waals surface area contributed by atoms with Gasteiger partial charge in [-0.15, -0.1) is 0 Å². The molecule has 4 heteroatoms. The number of rotatable bonds is 3. The Balaban J connectivity index is 2.22. The van der Waals surface area contributed by atoms with Gasteiger partial charge in [-0.3, -0.25) is 15.0 Å². The minimum absolute atomic E-state index is 0.0286. The second kappa shape index (κ2) is 4.84. The maximum atomic E-state index is 11.0. The molecule has 1 aromatic carbocycles. The van der Waals surface area contributed by atoms with Crippen LogP contribution in [-0.2, 0) is 6.42 Å². The van der Waals surface area contributed by atoms with Crippen LogP contribution in [0.4, 0.5) is 0 Å². The van der Waals surface area contributed by atoms with Crippen LogP contribution in [0.3, 0.4) is 0 Å². The van der Waals surface area contributed by atoms with Crippen molar-refractivity contribution in [3.8, 4) is 0 Å². The van der Waals surface area contributed by atoms with Gasteiger partial charge in [0, 0.05) is 11.5 Å². The fourth-order valence-electron chi connectivity index (χ4n) is 2.52. The molecule has 1 aliphatic rings. The summed E-state index contributed by atoms with van der Waals surface area (Å²) in [7, 11) is 1.94. The van der Waals surface area contributed by atoms with E-state index >= 15 is 0 Å². The molecule has 0 aliphatic carbocycles. The van der Waals surface area contributed by atoms with Gasteiger partial charge in [0.05, 0.1) is 12.5 Å². The summed E-state index contributed by atoms with van der Waals surface area (Å²) in [6, 6.07) is 7.76. The summed E-state index contributed by atoms with van der Waals surface area (Å²) in [5.74, 6) is 0.0286. The number of hydrogen-bond acceptors (Lipinski definition) is 3. The minimum atomic E-state index is -0.465. The van der Waals surface area contributed by atoms with E-state index in [0.717, 1.165) is 18.5 Å². The molecule has 4 nitrogen and oxygen atoms in total. The third kappa shape index (κ3) is 2.47. The molecule has 1 aliphatic heterocycles. The van der Waals surface area contributed by atoms with Gasteiger partial charge >= 0.3 is 0 Å². The lowest BCUT2D eigenvalue weighted by molar-refractivity contribution is -0.521. The van der Waals surface area contributed by atoms with Crippen LogP contribution in [-0.4, -0.2) is 36.0 Å². The van der Waals surface area contributed by atoms with Crippen molar-refractivity contribution >= 4 is 0 Å². The van der Waals surface area contributed by atoms with Gasteiger partial charge in [0.15, 0.2) is 0 Å². The predicted octanol–water partition coefficient (Wildman–Crippen LogP) is 1.92. The SMILES string of the molecule is CCc1ccc(C2CN(C)CC2[N+](=O)[O-])cc1. The summed E-state index contributed by atoms with van der Waals surface area (Å²) in [5.41, 5.74) is 2.37. The Kier molecular flexibility index (Phi) is 3.43. The molecule has 1 saturated heterocycles. The van der Waals surface area contributed by atoms with E-state index in [1.54, 1.807) is 0 Å². The molecule has 0 N–H and O–H groups in total. The van der Waals surface area contributed by atoms with Crippen LogP contribution in [0.2, 0.25) is 0 Å². The fraction of sp³-hybridized carbons (Fsp3) is 0.538. The van der Waals surface area contributed by atoms with Crippen LogP contribution in [0.25, 0.3) is 0 Å². The van der Waals surface area contributed by atoms with E-state index in [0.29, 0.717) is 6.54 Å². The molecule has 92 valence electrons. The molecule has 1 aromatic rings. The summed E-state index contributed by atoms with van der Waals surface area (Å²) in [4.78, 5) is 12.9. The average molecular weight is 234 g/mol. The van der Waals surface area contributed by atoms with Crippen molar-refractivity contribution in [3.63, 3.8) is 0 Å². The largest absolute Gasteiger partial charge is 0.299 e. The Bertz CT molecular complexity index is 402. The van der Waals surface area contributed by atoms with E-state index in [1.807, 2.05) is 24.1 Å². The molecular formula is C13H18N2O2. The monoisotopic (exact) mass is 234 g/mol. The zero-order valence-electron chi connectivity index (χ0n) is 10.3. The van der Waals surface area contributed by atoms with E-state index < -0.39 is 6.04 Å². The van der Waals surface area contributed by atoms with E-state index in [4.69, 9.17) is 0 Å². The highest BCUT2D eigenvalue weighted by Crippen LogP contribution is 2.28. The van der Waals surface area contributed by atoms with E-state index in [9.17, 15) is 10.1 Å². The second-order valence-electron chi connectivity index (χ2n) is 4.78. The third-order valence-electron chi connectivity index (χ3n) is 3.56. The molecule has 1 fully saturated rings. The molecule has 17 heavy (non-hydrogen) atoms. The molecule has 1 heterocycles. The van der Waals surface area contributed by atoms with Crippen molar-refractivity contribution in [2.75, 3.05) is 20.1 Å². The Labute approximate surface area is 101 Å². The van der Waals surface area contributed by atoms with Crippen LogP contribution >= 0.6 is 0 Å². The molecule has 2 atom stereocenters.